The molecule has 36 heavy (non-hydrogen) atoms. The minimum Gasteiger partial charge on any atom is -0.478 e. The fourth-order valence-electron chi connectivity index (χ4n) is 4.07. The Balaban J connectivity index is 1.94. The number of carboxylic acids is 1. The van der Waals surface area contributed by atoms with Crippen molar-refractivity contribution in [3.63, 3.8) is 0 Å². The summed E-state index contributed by atoms with van der Waals surface area (Å²) in [5.74, 6) is -0.856. The van der Waals surface area contributed by atoms with Gasteiger partial charge in [-0.1, -0.05) is 19.1 Å². The van der Waals surface area contributed by atoms with Gasteiger partial charge in [-0.3, -0.25) is 9.36 Å². The highest BCUT2D eigenvalue weighted by molar-refractivity contribution is 5.87. The van der Waals surface area contributed by atoms with Gasteiger partial charge < -0.3 is 16.2 Å². The molecule has 0 radical (unpaired) electrons. The molecule has 1 atom stereocenters. The number of nitrogens with zero attached hydrogens (tertiary/aromatic N) is 4. The first-order valence-corrected chi connectivity index (χ1v) is 11.3. The number of hydrogen-bond donors (Lipinski definition) is 3. The molecule has 4 N–H and O–H groups in total. The average molecular weight is 489 g/mol. The number of carbonyl (C=O) groups is 1. The van der Waals surface area contributed by atoms with Crippen LogP contribution in [0, 0.1) is 19.7 Å². The molecular weight excluding hydrogens is 463 g/mol. The number of nitrogens with two attached hydrogens (primary N) is 1. The van der Waals surface area contributed by atoms with Gasteiger partial charge in [0, 0.05) is 11.6 Å². The van der Waals surface area contributed by atoms with E-state index < -0.39 is 17.8 Å². The Morgan fingerprint density at radius 1 is 1.17 bits per heavy atom. The lowest BCUT2D eigenvalue weighted by Crippen LogP contribution is -2.29. The Morgan fingerprint density at radius 3 is 2.56 bits per heavy atom. The summed E-state index contributed by atoms with van der Waals surface area (Å²) in [6.07, 6.45) is 2.85. The summed E-state index contributed by atoms with van der Waals surface area (Å²) in [6.45, 7) is 5.43. The van der Waals surface area contributed by atoms with E-state index in [1.54, 1.807) is 13.0 Å². The Hall–Kier alpha value is -4.60. The van der Waals surface area contributed by atoms with Crippen LogP contribution in [-0.4, -0.2) is 30.6 Å². The molecule has 184 valence electrons. The summed E-state index contributed by atoms with van der Waals surface area (Å²) in [5, 5.41) is 12.8. The van der Waals surface area contributed by atoms with Crippen molar-refractivity contribution in [1.82, 2.24) is 19.5 Å². The van der Waals surface area contributed by atoms with E-state index in [2.05, 4.69) is 15.3 Å². The highest BCUT2D eigenvalue weighted by Gasteiger charge is 2.23. The van der Waals surface area contributed by atoms with E-state index in [1.165, 1.54) is 34.9 Å². The number of hydrogen-bond acceptors (Lipinski definition) is 7. The fourth-order valence-corrected chi connectivity index (χ4v) is 4.07. The average Bonchev–Trinajstić information content (AvgIpc) is 2.82. The van der Waals surface area contributed by atoms with E-state index in [0.29, 0.717) is 45.9 Å². The molecule has 0 spiro atoms. The molecule has 1 unspecified atom stereocenters. The van der Waals surface area contributed by atoms with Crippen molar-refractivity contribution >= 4 is 34.7 Å². The zero-order chi connectivity index (χ0) is 26.0. The number of aliphatic carboxylic acids is 1. The molecule has 0 saturated heterocycles. The van der Waals surface area contributed by atoms with Gasteiger partial charge in [0.25, 0.3) is 5.56 Å². The molecule has 0 bridgehead atoms. The number of anilines is 2. The number of carboxylic acid groups (broad SMARTS) is 1. The molecule has 0 saturated carbocycles. The lowest BCUT2D eigenvalue weighted by Gasteiger charge is -2.23. The number of rotatable bonds is 7. The Labute approximate surface area is 206 Å². The van der Waals surface area contributed by atoms with Crippen LogP contribution in [0.5, 0.6) is 0 Å². The van der Waals surface area contributed by atoms with Crippen molar-refractivity contribution in [2.24, 2.45) is 0 Å². The van der Waals surface area contributed by atoms with Crippen molar-refractivity contribution < 1.29 is 14.3 Å². The Morgan fingerprint density at radius 2 is 1.89 bits per heavy atom. The largest absolute Gasteiger partial charge is 0.478 e. The number of nitrogen functional groups attached to an aromatic ring is 1. The molecule has 0 aliphatic rings. The maximum Gasteiger partial charge on any atom is 0.328 e. The number of nitrogens with one attached hydrogen (secondary N) is 1. The number of aryl methyl sites for hydroxylation is 2. The van der Waals surface area contributed by atoms with Crippen molar-refractivity contribution in [1.29, 1.82) is 0 Å². The molecule has 0 aliphatic heterocycles. The maximum absolute atomic E-state index is 13.8. The molecule has 10 heteroatoms. The molecule has 2 aromatic carbocycles. The first-order valence-electron chi connectivity index (χ1n) is 11.3. The van der Waals surface area contributed by atoms with E-state index in [1.807, 2.05) is 26.0 Å². The van der Waals surface area contributed by atoms with Crippen LogP contribution in [0.2, 0.25) is 0 Å². The zero-order valence-electron chi connectivity index (χ0n) is 20.0. The third-order valence-corrected chi connectivity index (χ3v) is 5.79. The summed E-state index contributed by atoms with van der Waals surface area (Å²) in [6, 6.07) is 10.5. The van der Waals surface area contributed by atoms with E-state index >= 15 is 0 Å². The van der Waals surface area contributed by atoms with Crippen LogP contribution in [0.3, 0.4) is 0 Å². The van der Waals surface area contributed by atoms with Crippen LogP contribution < -0.4 is 16.6 Å². The summed E-state index contributed by atoms with van der Waals surface area (Å²) >= 11 is 0. The number of benzene rings is 2. The SMILES string of the molecule is CCC(Nc1nc(N)nc(C)c1/C=C/C(=O)O)c1nc2cccc(C)c2c(=O)n1-c1ccc(F)cc1. The van der Waals surface area contributed by atoms with Gasteiger partial charge in [0.2, 0.25) is 5.95 Å². The second kappa shape index (κ2) is 9.95. The van der Waals surface area contributed by atoms with Gasteiger partial charge >= 0.3 is 5.97 Å². The van der Waals surface area contributed by atoms with Crippen molar-refractivity contribution in [2.75, 3.05) is 11.1 Å². The van der Waals surface area contributed by atoms with Crippen molar-refractivity contribution in [3.8, 4) is 5.69 Å². The third-order valence-electron chi connectivity index (χ3n) is 5.79. The second-order valence-electron chi connectivity index (χ2n) is 8.26. The predicted octanol–water partition coefficient (Wildman–Crippen LogP) is 4.17. The summed E-state index contributed by atoms with van der Waals surface area (Å²) < 4.78 is 15.2. The Kier molecular flexibility index (Phi) is 6.77. The zero-order valence-corrected chi connectivity index (χ0v) is 20.0. The van der Waals surface area contributed by atoms with E-state index in [4.69, 9.17) is 15.8 Å². The van der Waals surface area contributed by atoms with Gasteiger partial charge in [-0.25, -0.2) is 19.2 Å². The fraction of sp³-hybridized carbons (Fsp3) is 0.192. The first kappa shape index (κ1) is 24.5. The van der Waals surface area contributed by atoms with Gasteiger partial charge in [0.15, 0.2) is 0 Å². The second-order valence-corrected chi connectivity index (χ2v) is 8.26. The van der Waals surface area contributed by atoms with Gasteiger partial charge in [-0.2, -0.15) is 4.98 Å². The molecule has 0 aliphatic carbocycles. The molecule has 9 nitrogen and oxygen atoms in total. The van der Waals surface area contributed by atoms with E-state index in [-0.39, 0.29) is 11.5 Å². The minimum atomic E-state index is -1.12. The van der Waals surface area contributed by atoms with Crippen LogP contribution in [0.4, 0.5) is 16.2 Å². The summed E-state index contributed by atoms with van der Waals surface area (Å²) in [5.41, 5.74) is 8.27. The van der Waals surface area contributed by atoms with Crippen LogP contribution in [-0.2, 0) is 4.79 Å². The van der Waals surface area contributed by atoms with Crippen LogP contribution >= 0.6 is 0 Å². The molecular formula is C26H25FN6O3. The highest BCUT2D eigenvalue weighted by atomic mass is 19.1. The Bertz CT molecular complexity index is 1550. The maximum atomic E-state index is 13.8. The van der Waals surface area contributed by atoms with Gasteiger partial charge in [-0.15, -0.1) is 0 Å². The molecule has 2 heterocycles. The standard InChI is InChI=1S/C26H25FN6O3/c1-4-19(30-23-18(12-13-21(34)35)15(3)29-26(28)32-23)24-31-20-7-5-6-14(2)22(20)25(36)33(24)17-10-8-16(27)9-11-17/h5-13,19H,4H2,1-3H3,(H,34,35)(H3,28,29,30,32)/b13-12+. The topological polar surface area (TPSA) is 136 Å². The van der Waals surface area contributed by atoms with E-state index in [9.17, 15) is 14.0 Å². The van der Waals surface area contributed by atoms with Gasteiger partial charge in [-0.05, 0) is 62.2 Å². The molecule has 4 aromatic rings. The van der Waals surface area contributed by atoms with E-state index in [0.717, 1.165) is 11.6 Å². The molecule has 0 amide bonds. The lowest BCUT2D eigenvalue weighted by atomic mass is 10.1. The van der Waals surface area contributed by atoms with Crippen molar-refractivity contribution in [2.45, 2.75) is 33.2 Å². The lowest BCUT2D eigenvalue weighted by molar-refractivity contribution is -0.131. The smallest absolute Gasteiger partial charge is 0.328 e. The first-order chi connectivity index (χ1) is 17.2. The minimum absolute atomic E-state index is 0.00958. The number of halogens is 1. The van der Waals surface area contributed by atoms with Gasteiger partial charge in [0.05, 0.1) is 28.3 Å². The van der Waals surface area contributed by atoms with Crippen molar-refractivity contribution in [3.05, 3.63) is 87.4 Å². The van der Waals surface area contributed by atoms with Crippen LogP contribution in [0.15, 0.2) is 53.3 Å². The summed E-state index contributed by atoms with van der Waals surface area (Å²) in [4.78, 5) is 38.1. The number of fused-ring (bicyclic) bond motifs is 1. The molecule has 2 aromatic heterocycles. The van der Waals surface area contributed by atoms with Gasteiger partial charge in [0.1, 0.15) is 17.5 Å². The predicted molar refractivity (Wildman–Crippen MR) is 137 cm³/mol. The number of aromatic nitrogens is 4. The van der Waals surface area contributed by atoms with Crippen LogP contribution in [0.1, 0.15) is 42.0 Å². The highest BCUT2D eigenvalue weighted by Crippen LogP contribution is 2.28. The normalized spacial score (nSPS) is 12.2. The summed E-state index contributed by atoms with van der Waals surface area (Å²) in [7, 11) is 0. The molecule has 0 fully saturated rings. The third kappa shape index (κ3) is 4.78. The van der Waals surface area contributed by atoms with Crippen LogP contribution in [0.25, 0.3) is 22.7 Å². The quantitative estimate of drug-likeness (QED) is 0.330. The molecule has 4 rings (SSSR count). The monoisotopic (exact) mass is 488 g/mol.